The van der Waals surface area contributed by atoms with Crippen molar-refractivity contribution in [2.24, 2.45) is 0 Å². The number of methoxy groups -OCH3 is 1. The number of rotatable bonds is 3. The summed E-state index contributed by atoms with van der Waals surface area (Å²) in [7, 11) is 1.50. The van der Waals surface area contributed by atoms with Crippen LogP contribution >= 0.6 is 0 Å². The molecule has 5 nitrogen and oxygen atoms in total. The third-order valence-electron chi connectivity index (χ3n) is 1.18. The van der Waals surface area contributed by atoms with Crippen LogP contribution in [0.25, 0.3) is 0 Å². The highest BCUT2D eigenvalue weighted by Gasteiger charge is 2.04. The Kier molecular flexibility index (Phi) is 3.16. The van der Waals surface area contributed by atoms with E-state index in [1.165, 1.54) is 13.3 Å². The van der Waals surface area contributed by atoms with Crippen LogP contribution in [0.2, 0.25) is 0 Å². The lowest BCUT2D eigenvalue weighted by atomic mass is 10.4. The quantitative estimate of drug-likeness (QED) is 0.634. The summed E-state index contributed by atoms with van der Waals surface area (Å²) in [6.45, 7) is 0.176. The maximum absolute atomic E-state index is 11.1. The second kappa shape index (κ2) is 4.40. The number of nitrogens with one attached hydrogen (secondary N) is 1. The van der Waals surface area contributed by atoms with Crippen molar-refractivity contribution in [1.82, 2.24) is 15.5 Å². The van der Waals surface area contributed by atoms with Gasteiger partial charge in [0.25, 0.3) is 5.91 Å². The molecule has 0 aliphatic rings. The molecule has 1 aromatic heterocycles. The molecule has 1 heterocycles. The van der Waals surface area contributed by atoms with Gasteiger partial charge in [-0.2, -0.15) is 5.10 Å². The second-order valence-corrected chi connectivity index (χ2v) is 2.05. The van der Waals surface area contributed by atoms with Crippen molar-refractivity contribution in [3.8, 4) is 0 Å². The molecule has 0 fully saturated rings. The van der Waals surface area contributed by atoms with E-state index < -0.39 is 0 Å². The van der Waals surface area contributed by atoms with E-state index in [0.717, 1.165) is 0 Å². The van der Waals surface area contributed by atoms with E-state index in [9.17, 15) is 4.79 Å². The van der Waals surface area contributed by atoms with Crippen molar-refractivity contribution < 1.29 is 9.53 Å². The van der Waals surface area contributed by atoms with E-state index in [2.05, 4.69) is 20.3 Å². The number of amides is 1. The fourth-order valence-corrected chi connectivity index (χ4v) is 0.651. The third-order valence-corrected chi connectivity index (χ3v) is 1.18. The molecule has 0 bridgehead atoms. The van der Waals surface area contributed by atoms with Crippen LogP contribution in [0.1, 0.15) is 10.5 Å². The maximum Gasteiger partial charge on any atom is 0.273 e. The predicted molar refractivity (Wildman–Crippen MR) is 41.4 cm³/mol. The highest BCUT2D eigenvalue weighted by atomic mass is 16.5. The van der Waals surface area contributed by atoms with Crippen LogP contribution in [0.5, 0.6) is 0 Å². The number of nitrogens with zero attached hydrogens (tertiary/aromatic N) is 2. The summed E-state index contributed by atoms with van der Waals surface area (Å²) in [6, 6.07) is 3.23. The van der Waals surface area contributed by atoms with Crippen LogP contribution in [0.3, 0.4) is 0 Å². The molecule has 0 saturated carbocycles. The van der Waals surface area contributed by atoms with Gasteiger partial charge in [0.1, 0.15) is 6.73 Å². The molecule has 64 valence electrons. The number of ether oxygens (including phenoxy) is 1. The first-order chi connectivity index (χ1) is 5.84. The van der Waals surface area contributed by atoms with E-state index in [-0.39, 0.29) is 18.3 Å². The average Bonchev–Trinajstić information content (AvgIpc) is 2.15. The summed E-state index contributed by atoms with van der Waals surface area (Å²) in [5.74, 6) is -0.287. The zero-order chi connectivity index (χ0) is 8.81. The molecular formula is C7H9N3O2. The second-order valence-electron chi connectivity index (χ2n) is 2.05. The lowest BCUT2D eigenvalue weighted by molar-refractivity contribution is 0.0866. The summed E-state index contributed by atoms with van der Waals surface area (Å²) >= 11 is 0. The Labute approximate surface area is 69.8 Å². The molecule has 1 rings (SSSR count). The van der Waals surface area contributed by atoms with Crippen molar-refractivity contribution >= 4 is 5.91 Å². The van der Waals surface area contributed by atoms with Gasteiger partial charge in [0, 0.05) is 13.3 Å². The Hall–Kier alpha value is -1.49. The van der Waals surface area contributed by atoms with Gasteiger partial charge in [-0.1, -0.05) is 0 Å². The highest BCUT2D eigenvalue weighted by molar-refractivity contribution is 5.91. The van der Waals surface area contributed by atoms with Gasteiger partial charge in [-0.25, -0.2) is 0 Å². The van der Waals surface area contributed by atoms with Gasteiger partial charge in [0.15, 0.2) is 5.69 Å². The Morgan fingerprint density at radius 2 is 2.58 bits per heavy atom. The molecule has 1 N–H and O–H groups in total. The maximum atomic E-state index is 11.1. The van der Waals surface area contributed by atoms with Gasteiger partial charge >= 0.3 is 0 Å². The lowest BCUT2D eigenvalue weighted by Crippen LogP contribution is -2.26. The largest absolute Gasteiger partial charge is 0.364 e. The summed E-state index contributed by atoms with van der Waals surface area (Å²) in [4.78, 5) is 11.1. The smallest absolute Gasteiger partial charge is 0.273 e. The molecule has 0 atom stereocenters. The fourth-order valence-electron chi connectivity index (χ4n) is 0.651. The standard InChI is InChI=1S/C7H9N3O2/c1-12-5-8-7(11)6-3-2-4-9-10-6/h2-4H,5H2,1H3,(H,8,11). The molecule has 0 radical (unpaired) electrons. The first-order valence-electron chi connectivity index (χ1n) is 3.39. The van der Waals surface area contributed by atoms with Gasteiger partial charge < -0.3 is 10.1 Å². The Morgan fingerprint density at radius 3 is 3.17 bits per heavy atom. The van der Waals surface area contributed by atoms with Gasteiger partial charge in [0.05, 0.1) is 0 Å². The van der Waals surface area contributed by atoms with Gasteiger partial charge in [-0.3, -0.25) is 4.79 Å². The molecule has 5 heteroatoms. The molecule has 12 heavy (non-hydrogen) atoms. The summed E-state index contributed by atoms with van der Waals surface area (Å²) < 4.78 is 4.65. The van der Waals surface area contributed by atoms with Gasteiger partial charge in [-0.15, -0.1) is 5.10 Å². The van der Waals surface area contributed by atoms with Crippen molar-refractivity contribution in [1.29, 1.82) is 0 Å². The molecule has 1 amide bonds. The molecular weight excluding hydrogens is 158 g/mol. The Bertz CT molecular complexity index is 250. The Balaban J connectivity index is 2.54. The summed E-state index contributed by atoms with van der Waals surface area (Å²) in [5.41, 5.74) is 0.287. The first kappa shape index (κ1) is 8.61. The van der Waals surface area contributed by atoms with Crippen molar-refractivity contribution in [2.45, 2.75) is 0 Å². The number of hydrogen-bond acceptors (Lipinski definition) is 4. The normalized spacial score (nSPS) is 9.42. The minimum atomic E-state index is -0.287. The number of aromatic nitrogens is 2. The van der Waals surface area contributed by atoms with Gasteiger partial charge in [-0.05, 0) is 12.1 Å². The van der Waals surface area contributed by atoms with E-state index in [0.29, 0.717) is 0 Å². The molecule has 0 aliphatic carbocycles. The van der Waals surface area contributed by atoms with Crippen LogP contribution in [-0.4, -0.2) is 29.9 Å². The minimum Gasteiger partial charge on any atom is -0.364 e. The SMILES string of the molecule is COCNC(=O)c1cccnn1. The van der Waals surface area contributed by atoms with Crippen LogP contribution in [0.15, 0.2) is 18.3 Å². The van der Waals surface area contributed by atoms with Crippen LogP contribution < -0.4 is 5.32 Å². The summed E-state index contributed by atoms with van der Waals surface area (Å²) in [6.07, 6.45) is 1.51. The zero-order valence-corrected chi connectivity index (χ0v) is 6.65. The van der Waals surface area contributed by atoms with E-state index in [1.54, 1.807) is 12.1 Å². The molecule has 0 aromatic carbocycles. The summed E-state index contributed by atoms with van der Waals surface area (Å²) in [5, 5.41) is 9.66. The highest BCUT2D eigenvalue weighted by Crippen LogP contribution is 1.89. The molecule has 0 saturated heterocycles. The lowest BCUT2D eigenvalue weighted by Gasteiger charge is -2.00. The molecule has 0 spiro atoms. The van der Waals surface area contributed by atoms with Crippen molar-refractivity contribution in [2.75, 3.05) is 13.8 Å². The third kappa shape index (κ3) is 2.28. The van der Waals surface area contributed by atoms with Gasteiger partial charge in [0.2, 0.25) is 0 Å². The average molecular weight is 167 g/mol. The Morgan fingerprint density at radius 1 is 1.75 bits per heavy atom. The fraction of sp³-hybridized carbons (Fsp3) is 0.286. The monoisotopic (exact) mass is 167 g/mol. The van der Waals surface area contributed by atoms with Crippen LogP contribution in [0, 0.1) is 0 Å². The van der Waals surface area contributed by atoms with Crippen LogP contribution in [-0.2, 0) is 4.74 Å². The van der Waals surface area contributed by atoms with E-state index in [4.69, 9.17) is 0 Å². The topological polar surface area (TPSA) is 64.1 Å². The molecule has 0 aliphatic heterocycles. The number of carbonyl (C=O) groups excluding carboxylic acids is 1. The predicted octanol–water partition coefficient (Wildman–Crippen LogP) is -0.190. The van der Waals surface area contributed by atoms with Crippen molar-refractivity contribution in [3.63, 3.8) is 0 Å². The number of hydrogen-bond donors (Lipinski definition) is 1. The zero-order valence-electron chi connectivity index (χ0n) is 6.65. The van der Waals surface area contributed by atoms with E-state index >= 15 is 0 Å². The molecule has 0 unspecified atom stereocenters. The molecule has 1 aromatic rings. The minimum absolute atomic E-state index is 0.176. The van der Waals surface area contributed by atoms with Crippen LogP contribution in [0.4, 0.5) is 0 Å². The van der Waals surface area contributed by atoms with E-state index in [1.807, 2.05) is 0 Å². The number of carbonyl (C=O) groups is 1. The van der Waals surface area contributed by atoms with Crippen molar-refractivity contribution in [3.05, 3.63) is 24.0 Å². The first-order valence-corrected chi connectivity index (χ1v) is 3.39.